The highest BCUT2D eigenvalue weighted by Crippen LogP contribution is 2.63. The van der Waals surface area contributed by atoms with E-state index in [0.29, 0.717) is 24.1 Å². The molecule has 174 valence electrons. The zero-order chi connectivity index (χ0) is 23.3. The number of nitrogens with one attached hydrogen (secondary N) is 1. The fourth-order valence-corrected chi connectivity index (χ4v) is 6.42. The number of aromatic hydroxyl groups is 1. The number of likely N-dealkylation sites (tertiary alicyclic amines) is 1. The van der Waals surface area contributed by atoms with E-state index in [1.807, 2.05) is 6.07 Å². The zero-order valence-corrected chi connectivity index (χ0v) is 19.3. The van der Waals surface area contributed by atoms with Gasteiger partial charge in [-0.05, 0) is 74.7 Å². The Balaban J connectivity index is 0.000000177. The molecule has 1 amide bonds. The zero-order valence-electron chi connectivity index (χ0n) is 19.3. The number of likely N-dealkylation sites (N-methyl/N-ethyl adjacent to an activating group) is 1. The molecule has 33 heavy (non-hydrogen) atoms. The van der Waals surface area contributed by atoms with Crippen LogP contribution in [0.2, 0.25) is 0 Å². The van der Waals surface area contributed by atoms with Crippen LogP contribution in [0.25, 0.3) is 0 Å². The largest absolute Gasteiger partial charge is 0.508 e. The van der Waals surface area contributed by atoms with E-state index >= 15 is 0 Å². The van der Waals surface area contributed by atoms with E-state index in [-0.39, 0.29) is 29.0 Å². The molecule has 1 spiro atoms. The molecule has 2 heterocycles. The summed E-state index contributed by atoms with van der Waals surface area (Å²) in [5, 5.41) is 11.5. The maximum Gasteiger partial charge on any atom is 0.221 e. The van der Waals surface area contributed by atoms with E-state index in [1.165, 1.54) is 30.2 Å². The molecule has 2 aliphatic heterocycles. The smallest absolute Gasteiger partial charge is 0.221 e. The van der Waals surface area contributed by atoms with Gasteiger partial charge in [-0.1, -0.05) is 6.07 Å². The monoisotopic (exact) mass is 450 g/mol. The topological polar surface area (TPSA) is 88.1 Å². The highest BCUT2D eigenvalue weighted by molar-refractivity contribution is 5.89. The summed E-state index contributed by atoms with van der Waals surface area (Å²) in [6, 6.07) is 11.0. The Kier molecular flexibility index (Phi) is 5.32. The lowest BCUT2D eigenvalue weighted by Gasteiger charge is -2.57. The standard InChI is InChI=1S/C18H21NO3.C8H9NO2/c1-19-8-7-18-11-4-5-13(20)17(18)22-16-14(21-2)6-3-10(15(16)18)9-12(11)19;1-6(10)9-7-2-4-8(11)5-3-7/h3,6,11-12,17H,4-5,7-9H2,1-2H3;2-5,11H,1H3,(H,9,10)/t11-,12+,17-,18-;/m0./s1. The molecule has 7 nitrogen and oxygen atoms in total. The van der Waals surface area contributed by atoms with Crippen LogP contribution in [0.3, 0.4) is 0 Å². The Labute approximate surface area is 193 Å². The predicted molar refractivity (Wildman–Crippen MR) is 124 cm³/mol. The molecule has 6 rings (SSSR count). The molecule has 4 atom stereocenters. The van der Waals surface area contributed by atoms with Crippen LogP contribution in [0.1, 0.15) is 37.3 Å². The summed E-state index contributed by atoms with van der Waals surface area (Å²) >= 11 is 0. The quantitative estimate of drug-likeness (QED) is 0.683. The van der Waals surface area contributed by atoms with Crippen molar-refractivity contribution in [1.82, 2.24) is 4.90 Å². The van der Waals surface area contributed by atoms with Crippen molar-refractivity contribution in [1.29, 1.82) is 0 Å². The van der Waals surface area contributed by atoms with Gasteiger partial charge in [0, 0.05) is 36.1 Å². The van der Waals surface area contributed by atoms with Gasteiger partial charge in [-0.2, -0.15) is 0 Å². The lowest BCUT2D eigenvalue weighted by Crippen LogP contribution is -2.65. The van der Waals surface area contributed by atoms with Gasteiger partial charge in [-0.3, -0.25) is 9.59 Å². The van der Waals surface area contributed by atoms with Crippen molar-refractivity contribution in [2.24, 2.45) is 5.92 Å². The summed E-state index contributed by atoms with van der Waals surface area (Å²) in [7, 11) is 3.91. The van der Waals surface area contributed by atoms with Crippen molar-refractivity contribution in [2.75, 3.05) is 26.0 Å². The summed E-state index contributed by atoms with van der Waals surface area (Å²) in [6.07, 6.45) is 3.47. The first-order chi connectivity index (χ1) is 15.8. The van der Waals surface area contributed by atoms with Gasteiger partial charge in [0.1, 0.15) is 5.75 Å². The van der Waals surface area contributed by atoms with Crippen LogP contribution in [0.4, 0.5) is 5.69 Å². The van der Waals surface area contributed by atoms with E-state index in [4.69, 9.17) is 14.6 Å². The molecule has 2 fully saturated rings. The molecule has 1 saturated heterocycles. The lowest BCUT2D eigenvalue weighted by atomic mass is 9.52. The second-order valence-electron chi connectivity index (χ2n) is 9.51. The molecule has 0 unspecified atom stereocenters. The number of Topliss-reactive ketones (excluding diaryl/α,β-unsaturated/α-hetero) is 1. The van der Waals surface area contributed by atoms with Gasteiger partial charge in [0.15, 0.2) is 23.4 Å². The Bertz CT molecular complexity index is 1100. The highest BCUT2D eigenvalue weighted by atomic mass is 16.5. The number of hydrogen-bond donors (Lipinski definition) is 2. The molecule has 0 aromatic heterocycles. The molecule has 2 bridgehead atoms. The number of carbonyl (C=O) groups excluding carboxylic acids is 2. The molecule has 2 aromatic rings. The minimum absolute atomic E-state index is 0.0933. The van der Waals surface area contributed by atoms with Gasteiger partial charge >= 0.3 is 0 Å². The third kappa shape index (κ3) is 3.37. The first-order valence-electron chi connectivity index (χ1n) is 11.5. The van der Waals surface area contributed by atoms with Gasteiger partial charge in [-0.25, -0.2) is 0 Å². The number of benzene rings is 2. The number of rotatable bonds is 2. The summed E-state index contributed by atoms with van der Waals surface area (Å²) in [6.45, 7) is 2.48. The third-order valence-electron chi connectivity index (χ3n) is 7.78. The Morgan fingerprint density at radius 1 is 1.24 bits per heavy atom. The van der Waals surface area contributed by atoms with Crippen LogP contribution in [0, 0.1) is 5.92 Å². The highest BCUT2D eigenvalue weighted by Gasteiger charge is 2.65. The number of anilines is 1. The van der Waals surface area contributed by atoms with E-state index in [0.717, 1.165) is 37.3 Å². The number of methoxy groups -OCH3 is 1. The number of piperidine rings is 1. The van der Waals surface area contributed by atoms with E-state index in [9.17, 15) is 9.59 Å². The second-order valence-corrected chi connectivity index (χ2v) is 9.51. The van der Waals surface area contributed by atoms with Crippen LogP contribution in [0.5, 0.6) is 17.2 Å². The van der Waals surface area contributed by atoms with Gasteiger partial charge in [0.2, 0.25) is 5.91 Å². The third-order valence-corrected chi connectivity index (χ3v) is 7.78. The van der Waals surface area contributed by atoms with Gasteiger partial charge in [0.05, 0.1) is 7.11 Å². The predicted octanol–water partition coefficient (Wildman–Crippen LogP) is 3.28. The minimum atomic E-state index is -0.284. The molecule has 2 aromatic carbocycles. The molecule has 2 N–H and O–H groups in total. The van der Waals surface area contributed by atoms with Crippen LogP contribution in [0.15, 0.2) is 36.4 Å². The molecular weight excluding hydrogens is 420 g/mol. The summed E-state index contributed by atoms with van der Waals surface area (Å²) in [5.41, 5.74) is 3.26. The fraction of sp³-hybridized carbons (Fsp3) is 0.462. The molecule has 4 aliphatic rings. The Hall–Kier alpha value is -3.06. The van der Waals surface area contributed by atoms with E-state index < -0.39 is 0 Å². The van der Waals surface area contributed by atoms with Gasteiger partial charge in [0.25, 0.3) is 0 Å². The average molecular weight is 451 g/mol. The van der Waals surface area contributed by atoms with Crippen molar-refractivity contribution in [2.45, 2.75) is 50.2 Å². The van der Waals surface area contributed by atoms with Gasteiger partial charge < -0.3 is 24.8 Å². The van der Waals surface area contributed by atoms with Crippen molar-refractivity contribution >= 4 is 17.4 Å². The Morgan fingerprint density at radius 2 is 2.00 bits per heavy atom. The summed E-state index contributed by atoms with van der Waals surface area (Å²) in [5.74, 6) is 2.54. The van der Waals surface area contributed by atoms with Crippen LogP contribution >= 0.6 is 0 Å². The molecule has 1 saturated carbocycles. The SMILES string of the molecule is CC(=O)Nc1ccc(O)cc1.COc1ccc2c3c1O[C@H]1C(=O)CC[C@H]4[C@@H](C2)N(C)CC[C@]314. The first-order valence-corrected chi connectivity index (χ1v) is 11.5. The number of phenols is 1. The van der Waals surface area contributed by atoms with E-state index in [1.54, 1.807) is 19.2 Å². The number of nitrogens with zero attached hydrogens (tertiary/aromatic N) is 1. The van der Waals surface area contributed by atoms with Crippen molar-refractivity contribution < 1.29 is 24.2 Å². The lowest BCUT2D eigenvalue weighted by molar-refractivity contribution is -0.138. The molecule has 2 aliphatic carbocycles. The van der Waals surface area contributed by atoms with Gasteiger partial charge in [-0.15, -0.1) is 0 Å². The van der Waals surface area contributed by atoms with Crippen molar-refractivity contribution in [3.63, 3.8) is 0 Å². The fourth-order valence-electron chi connectivity index (χ4n) is 6.42. The number of hydrogen-bond acceptors (Lipinski definition) is 6. The number of amides is 1. The summed E-state index contributed by atoms with van der Waals surface area (Å²) < 4.78 is 11.8. The van der Waals surface area contributed by atoms with Crippen molar-refractivity contribution in [3.05, 3.63) is 47.5 Å². The average Bonchev–Trinajstić information content (AvgIpc) is 3.15. The number of ketones is 1. The normalized spacial score (nSPS) is 28.7. The first kappa shape index (κ1) is 21.8. The van der Waals surface area contributed by atoms with Crippen LogP contribution in [-0.2, 0) is 21.4 Å². The maximum atomic E-state index is 12.6. The van der Waals surface area contributed by atoms with Crippen LogP contribution in [-0.4, -0.2) is 54.5 Å². The van der Waals surface area contributed by atoms with E-state index in [2.05, 4.69) is 23.3 Å². The number of phenolic OH excluding ortho intramolecular Hbond substituents is 1. The number of carbonyl (C=O) groups is 2. The maximum absolute atomic E-state index is 12.6. The summed E-state index contributed by atoms with van der Waals surface area (Å²) in [4.78, 5) is 25.6. The minimum Gasteiger partial charge on any atom is -0.508 e. The van der Waals surface area contributed by atoms with Crippen LogP contribution < -0.4 is 14.8 Å². The molecular formula is C26H30N2O5. The molecule has 0 radical (unpaired) electrons. The Morgan fingerprint density at radius 3 is 2.70 bits per heavy atom. The molecule has 7 heteroatoms. The number of ether oxygens (including phenoxy) is 2. The van der Waals surface area contributed by atoms with Crippen molar-refractivity contribution in [3.8, 4) is 17.2 Å². The second kappa shape index (κ2) is 8.06.